The number of benzene rings is 2. The van der Waals surface area contributed by atoms with Crippen LogP contribution in [0.4, 0.5) is 5.69 Å². The van der Waals surface area contributed by atoms with Crippen LogP contribution in [0, 0.1) is 4.77 Å². The molecule has 1 aliphatic rings. The molecule has 1 N–H and O–H groups in total. The molecule has 0 unspecified atom stereocenters. The van der Waals surface area contributed by atoms with Gasteiger partial charge in [0.1, 0.15) is 12.1 Å². The van der Waals surface area contributed by atoms with E-state index in [1.807, 2.05) is 33.5 Å². The summed E-state index contributed by atoms with van der Waals surface area (Å²) >= 11 is 5.65. The number of nitrogens with zero attached hydrogens (tertiary/aromatic N) is 4. The number of anilines is 1. The summed E-state index contributed by atoms with van der Waals surface area (Å²) in [6.07, 6.45) is 1.79. The number of para-hydroxylation sites is 1. The molecule has 1 aliphatic heterocycles. The Morgan fingerprint density at radius 2 is 1.78 bits per heavy atom. The highest BCUT2D eigenvalue weighted by molar-refractivity contribution is 7.71. The average molecular weight is 383 g/mol. The molecule has 0 bridgehead atoms. The van der Waals surface area contributed by atoms with Gasteiger partial charge in [-0.3, -0.25) is 4.57 Å². The summed E-state index contributed by atoms with van der Waals surface area (Å²) in [7, 11) is 1.67. The van der Waals surface area contributed by atoms with Crippen molar-refractivity contribution in [2.24, 2.45) is 0 Å². The van der Waals surface area contributed by atoms with Gasteiger partial charge in [-0.2, -0.15) is 9.78 Å². The third-order valence-electron chi connectivity index (χ3n) is 5.03. The molecular weight excluding hydrogens is 358 g/mol. The van der Waals surface area contributed by atoms with Gasteiger partial charge in [-0.05, 0) is 36.5 Å². The molecule has 3 aromatic rings. The average Bonchev–Trinajstić information content (AvgIpc) is 3.09. The van der Waals surface area contributed by atoms with Gasteiger partial charge in [0.2, 0.25) is 4.77 Å². The van der Waals surface area contributed by atoms with Gasteiger partial charge in [-0.1, -0.05) is 24.3 Å². The quantitative estimate of drug-likeness (QED) is 0.683. The molecule has 1 fully saturated rings. The van der Waals surface area contributed by atoms with Gasteiger partial charge < -0.3 is 14.5 Å². The molecular formula is C20H24N5OS+. The molecule has 7 heteroatoms. The van der Waals surface area contributed by atoms with E-state index < -0.39 is 0 Å². The minimum Gasteiger partial charge on any atom is -0.497 e. The van der Waals surface area contributed by atoms with Gasteiger partial charge in [0, 0.05) is 11.8 Å². The lowest BCUT2D eigenvalue weighted by Gasteiger charge is -2.33. The minimum atomic E-state index is 0.709. The number of ether oxygens (including phenoxy) is 1. The highest BCUT2D eigenvalue weighted by Crippen LogP contribution is 2.16. The molecule has 0 atom stereocenters. The van der Waals surface area contributed by atoms with E-state index in [0.29, 0.717) is 4.77 Å². The van der Waals surface area contributed by atoms with Crippen LogP contribution in [-0.2, 0) is 6.67 Å². The number of hydrogen-bond acceptors (Lipinski definition) is 4. The molecule has 0 aliphatic carbocycles. The van der Waals surface area contributed by atoms with E-state index in [1.165, 1.54) is 10.6 Å². The van der Waals surface area contributed by atoms with E-state index >= 15 is 0 Å². The van der Waals surface area contributed by atoms with Crippen molar-refractivity contribution in [2.45, 2.75) is 6.67 Å². The van der Waals surface area contributed by atoms with Crippen molar-refractivity contribution in [1.82, 2.24) is 14.3 Å². The van der Waals surface area contributed by atoms with Crippen molar-refractivity contribution in [1.29, 1.82) is 0 Å². The standard InChI is InChI=1S/C20H23N5OS/c1-26-19-9-5-8-18(14-19)24-15-21-25(20(24)27)16-22-10-12-23(13-11-22)17-6-3-2-4-7-17/h2-9,14-15H,10-13,16H2,1H3/p+1. The third kappa shape index (κ3) is 3.89. The van der Waals surface area contributed by atoms with Gasteiger partial charge in [0.05, 0.1) is 39.0 Å². The number of piperazine rings is 1. The summed E-state index contributed by atoms with van der Waals surface area (Å²) in [5.74, 6) is 0.810. The summed E-state index contributed by atoms with van der Waals surface area (Å²) in [5, 5.41) is 4.52. The van der Waals surface area contributed by atoms with Crippen molar-refractivity contribution in [3.8, 4) is 11.4 Å². The van der Waals surface area contributed by atoms with Crippen LogP contribution < -0.4 is 14.5 Å². The molecule has 2 aromatic carbocycles. The predicted molar refractivity (Wildman–Crippen MR) is 108 cm³/mol. The smallest absolute Gasteiger partial charge is 0.207 e. The molecule has 1 aromatic heterocycles. The first-order valence-corrected chi connectivity index (χ1v) is 9.58. The lowest BCUT2D eigenvalue weighted by atomic mass is 10.2. The normalized spacial score (nSPS) is 15.1. The van der Waals surface area contributed by atoms with Crippen LogP contribution in [0.25, 0.3) is 5.69 Å². The Morgan fingerprint density at radius 1 is 1.04 bits per heavy atom. The van der Waals surface area contributed by atoms with Crippen LogP contribution in [0.1, 0.15) is 0 Å². The maximum Gasteiger partial charge on any atom is 0.207 e. The van der Waals surface area contributed by atoms with E-state index in [4.69, 9.17) is 17.0 Å². The number of aromatic nitrogens is 3. The molecule has 140 valence electrons. The Kier molecular flexibility index (Phi) is 5.22. The zero-order valence-corrected chi connectivity index (χ0v) is 16.2. The second-order valence-electron chi connectivity index (χ2n) is 6.72. The number of hydrogen-bond donors (Lipinski definition) is 1. The molecule has 27 heavy (non-hydrogen) atoms. The topological polar surface area (TPSA) is 39.7 Å². The molecule has 0 saturated carbocycles. The Bertz CT molecular complexity index is 944. The van der Waals surface area contributed by atoms with Crippen LogP contribution in [0.3, 0.4) is 0 Å². The fraction of sp³-hybridized carbons (Fsp3) is 0.300. The molecule has 4 rings (SSSR count). The zero-order chi connectivity index (χ0) is 18.6. The fourth-order valence-electron chi connectivity index (χ4n) is 3.47. The predicted octanol–water partition coefficient (Wildman–Crippen LogP) is 1.77. The van der Waals surface area contributed by atoms with Crippen LogP contribution in [0.15, 0.2) is 60.9 Å². The molecule has 0 amide bonds. The lowest BCUT2D eigenvalue weighted by Crippen LogP contribution is -3.14. The maximum absolute atomic E-state index is 5.65. The molecule has 0 spiro atoms. The Morgan fingerprint density at radius 3 is 2.52 bits per heavy atom. The highest BCUT2D eigenvalue weighted by Gasteiger charge is 2.21. The van der Waals surface area contributed by atoms with Crippen LogP contribution in [0.5, 0.6) is 5.75 Å². The van der Waals surface area contributed by atoms with E-state index in [2.05, 4.69) is 40.3 Å². The SMILES string of the molecule is COc1cccc(-n2cnn(C[NH+]3CCN(c4ccccc4)CC3)c2=S)c1. The largest absolute Gasteiger partial charge is 0.497 e. The van der Waals surface area contributed by atoms with E-state index in [0.717, 1.165) is 44.3 Å². The van der Waals surface area contributed by atoms with E-state index in [9.17, 15) is 0 Å². The molecule has 6 nitrogen and oxygen atoms in total. The molecule has 2 heterocycles. The zero-order valence-electron chi connectivity index (χ0n) is 15.4. The molecule has 0 radical (unpaired) electrons. The second-order valence-corrected chi connectivity index (χ2v) is 7.08. The van der Waals surface area contributed by atoms with Gasteiger partial charge in [-0.15, -0.1) is 0 Å². The summed E-state index contributed by atoms with van der Waals surface area (Å²) in [4.78, 5) is 3.94. The first kappa shape index (κ1) is 17.8. The lowest BCUT2D eigenvalue weighted by molar-refractivity contribution is -0.924. The third-order valence-corrected chi connectivity index (χ3v) is 5.44. The van der Waals surface area contributed by atoms with E-state index in [-0.39, 0.29) is 0 Å². The van der Waals surface area contributed by atoms with Crippen molar-refractivity contribution in [3.63, 3.8) is 0 Å². The fourth-order valence-corrected chi connectivity index (χ4v) is 3.74. The molecule has 1 saturated heterocycles. The van der Waals surface area contributed by atoms with Gasteiger partial charge in [0.25, 0.3) is 0 Å². The Labute approximate surface area is 164 Å². The monoisotopic (exact) mass is 382 g/mol. The number of rotatable bonds is 5. The van der Waals surface area contributed by atoms with Crippen LogP contribution >= 0.6 is 12.2 Å². The van der Waals surface area contributed by atoms with Crippen molar-refractivity contribution >= 4 is 17.9 Å². The first-order chi connectivity index (χ1) is 13.2. The summed E-state index contributed by atoms with van der Waals surface area (Å²) in [5.41, 5.74) is 2.27. The van der Waals surface area contributed by atoms with Crippen LogP contribution in [-0.4, -0.2) is 47.6 Å². The van der Waals surface area contributed by atoms with Gasteiger partial charge in [0.15, 0.2) is 6.67 Å². The Balaban J connectivity index is 1.42. The summed E-state index contributed by atoms with van der Waals surface area (Å²) < 4.78 is 9.86. The van der Waals surface area contributed by atoms with Gasteiger partial charge in [-0.25, -0.2) is 0 Å². The second kappa shape index (κ2) is 7.94. The van der Waals surface area contributed by atoms with Crippen molar-refractivity contribution in [3.05, 3.63) is 65.7 Å². The summed E-state index contributed by atoms with van der Waals surface area (Å²) in [6, 6.07) is 18.5. The maximum atomic E-state index is 5.65. The number of nitrogens with one attached hydrogen (secondary N) is 1. The van der Waals surface area contributed by atoms with E-state index in [1.54, 1.807) is 13.4 Å². The van der Waals surface area contributed by atoms with Crippen LogP contribution in [0.2, 0.25) is 0 Å². The Hall–Kier alpha value is -2.64. The first-order valence-electron chi connectivity index (χ1n) is 9.17. The summed E-state index contributed by atoms with van der Waals surface area (Å²) in [6.45, 7) is 5.02. The number of methoxy groups -OCH3 is 1. The van der Waals surface area contributed by atoms with Gasteiger partial charge >= 0.3 is 0 Å². The van der Waals surface area contributed by atoms with Crippen molar-refractivity contribution < 1.29 is 9.64 Å². The van der Waals surface area contributed by atoms with Crippen molar-refractivity contribution in [2.75, 3.05) is 38.2 Å². The number of quaternary nitrogens is 1. The highest BCUT2D eigenvalue weighted by atomic mass is 32.1. The minimum absolute atomic E-state index is 0.709.